The molecule has 2 rings (SSSR count). The molecule has 5 nitrogen and oxygen atoms in total. The van der Waals surface area contributed by atoms with Gasteiger partial charge >= 0.3 is 0 Å². The molecule has 0 spiro atoms. The highest BCUT2D eigenvalue weighted by atomic mass is 16.1. The second-order valence-electron chi connectivity index (χ2n) is 2.53. The van der Waals surface area contributed by atoms with E-state index in [4.69, 9.17) is 14.2 Å². The molecule has 66 valence electrons. The maximum Gasteiger partial charge on any atom is 0.258 e. The molecule has 0 aliphatic rings. The van der Waals surface area contributed by atoms with Gasteiger partial charge in [-0.2, -0.15) is 0 Å². The Kier molecular flexibility index (Phi) is 1.06. The zero-order valence-corrected chi connectivity index (χ0v) is 6.59. The Bertz CT molecular complexity index is 608. The molecule has 0 aliphatic carbocycles. The van der Waals surface area contributed by atoms with Gasteiger partial charge in [0.2, 0.25) is 0 Å². The van der Waals surface area contributed by atoms with Crippen LogP contribution < -0.4 is 17.0 Å². The summed E-state index contributed by atoms with van der Waals surface area (Å²) in [4.78, 5) is 17.5. The van der Waals surface area contributed by atoms with Gasteiger partial charge in [-0.15, -0.1) is 0 Å². The van der Waals surface area contributed by atoms with Crippen LogP contribution in [0.4, 0.5) is 11.4 Å². The average Bonchev–Trinajstić information content (AvgIpc) is 2.23. The number of fused-ring (bicyclic) bond motifs is 1. The van der Waals surface area contributed by atoms with Gasteiger partial charge in [-0.05, 0) is 12.1 Å². The summed E-state index contributed by atoms with van der Waals surface area (Å²) in [6.45, 7) is 0. The highest BCUT2D eigenvalue weighted by molar-refractivity contribution is 5.87. The molecule has 0 amide bonds. The number of nitrogen functional groups attached to an aromatic ring is 2. The molecule has 13 heavy (non-hydrogen) atoms. The van der Waals surface area contributed by atoms with Crippen molar-refractivity contribution in [3.63, 3.8) is 0 Å². The number of rotatable bonds is 0. The fourth-order valence-corrected chi connectivity index (χ4v) is 1.01. The third-order valence-electron chi connectivity index (χ3n) is 1.66. The van der Waals surface area contributed by atoms with Crippen molar-refractivity contribution in [2.24, 2.45) is 0 Å². The van der Waals surface area contributed by atoms with Gasteiger partial charge in [-0.1, -0.05) is 0 Å². The lowest BCUT2D eigenvalue weighted by Gasteiger charge is -2.00. The molecule has 5 N–H and O–H groups in total. The summed E-state index contributed by atoms with van der Waals surface area (Å²) in [5, 5.41) is -0.00537. The summed E-state index contributed by atoms with van der Waals surface area (Å²) < 4.78 is 15.2. The Morgan fingerprint density at radius 1 is 1.38 bits per heavy atom. The van der Waals surface area contributed by atoms with E-state index in [9.17, 15) is 4.79 Å². The van der Waals surface area contributed by atoms with Gasteiger partial charge in [0.15, 0.2) is 0 Å². The molecule has 0 aliphatic heterocycles. The van der Waals surface area contributed by atoms with Gasteiger partial charge < -0.3 is 16.5 Å². The molecule has 0 fully saturated rings. The van der Waals surface area contributed by atoms with Gasteiger partial charge in [-0.3, -0.25) is 4.79 Å². The molecule has 0 saturated heterocycles. The normalized spacial score (nSPS) is 12.6. The number of nitrogens with one attached hydrogen (secondary N) is 1. The Morgan fingerprint density at radius 3 is 2.85 bits per heavy atom. The van der Waals surface area contributed by atoms with Crippen LogP contribution in [-0.2, 0) is 0 Å². The van der Waals surface area contributed by atoms with Crippen LogP contribution in [0.1, 0.15) is 2.74 Å². The van der Waals surface area contributed by atoms with Gasteiger partial charge in [0, 0.05) is 0 Å². The number of hydrogen-bond donors (Lipinski definition) is 3. The molecule has 1 aromatic carbocycles. The van der Waals surface area contributed by atoms with Crippen LogP contribution >= 0.6 is 0 Å². The third kappa shape index (κ3) is 1.10. The van der Waals surface area contributed by atoms with Crippen molar-refractivity contribution in [2.45, 2.75) is 0 Å². The molecule has 0 bridgehead atoms. The van der Waals surface area contributed by atoms with Crippen LogP contribution in [0.5, 0.6) is 0 Å². The number of hydrogen-bond acceptors (Lipinski definition) is 4. The van der Waals surface area contributed by atoms with Gasteiger partial charge in [0.25, 0.3) is 5.56 Å². The van der Waals surface area contributed by atoms with Crippen molar-refractivity contribution in [1.29, 1.82) is 0 Å². The van der Waals surface area contributed by atoms with Crippen LogP contribution in [-0.4, -0.2) is 9.97 Å². The number of anilines is 2. The van der Waals surface area contributed by atoms with Crippen LogP contribution in [0.3, 0.4) is 0 Å². The zero-order chi connectivity index (χ0) is 11.2. The van der Waals surface area contributed by atoms with Crippen molar-refractivity contribution in [3.8, 4) is 0 Å². The number of aromatic nitrogens is 2. The van der Waals surface area contributed by atoms with E-state index in [2.05, 4.69) is 9.97 Å². The molecule has 0 saturated carbocycles. The molecule has 1 heterocycles. The molecule has 5 heteroatoms. The second-order valence-corrected chi connectivity index (χ2v) is 2.53. The first-order valence-corrected chi connectivity index (χ1v) is 3.55. The molecule has 0 radical (unpaired) electrons. The Labute approximate surface area is 76.2 Å². The van der Waals surface area contributed by atoms with E-state index in [-0.39, 0.29) is 34.4 Å². The largest absolute Gasteiger partial charge is 0.397 e. The molecule has 0 unspecified atom stereocenters. The summed E-state index contributed by atoms with van der Waals surface area (Å²) in [5.74, 6) is 0. The van der Waals surface area contributed by atoms with E-state index in [1.165, 1.54) is 0 Å². The van der Waals surface area contributed by atoms with E-state index in [1.54, 1.807) is 0 Å². The first-order chi connectivity index (χ1) is 7.04. The summed E-state index contributed by atoms with van der Waals surface area (Å²) in [6.07, 6.45) is 1.16. The fourth-order valence-electron chi connectivity index (χ4n) is 1.01. The summed E-state index contributed by atoms with van der Waals surface area (Å²) in [6, 6.07) is -0.308. The van der Waals surface area contributed by atoms with Gasteiger partial charge in [-0.25, -0.2) is 4.98 Å². The van der Waals surface area contributed by atoms with E-state index in [1.807, 2.05) is 0 Å². The van der Waals surface area contributed by atoms with E-state index >= 15 is 0 Å². The predicted octanol–water partition coefficient (Wildman–Crippen LogP) is 0.0875. The highest BCUT2D eigenvalue weighted by Gasteiger charge is 2.02. The van der Waals surface area contributed by atoms with Crippen molar-refractivity contribution in [2.75, 3.05) is 11.5 Å². The molecule has 2 aromatic rings. The van der Waals surface area contributed by atoms with Crippen LogP contribution in [0.15, 0.2) is 23.2 Å². The zero-order valence-electron chi connectivity index (χ0n) is 8.59. The molecular weight excluding hydrogens is 168 g/mol. The lowest BCUT2D eigenvalue weighted by atomic mass is 10.2. The summed E-state index contributed by atoms with van der Waals surface area (Å²) in [7, 11) is 0. The van der Waals surface area contributed by atoms with Crippen LogP contribution in [0.25, 0.3) is 10.9 Å². The van der Waals surface area contributed by atoms with Crippen molar-refractivity contribution in [3.05, 3.63) is 28.8 Å². The molecular formula is C8H8N4O. The summed E-state index contributed by atoms with van der Waals surface area (Å²) in [5.41, 5.74) is 10.5. The van der Waals surface area contributed by atoms with E-state index in [0.29, 0.717) is 0 Å². The molecule has 0 atom stereocenters. The monoisotopic (exact) mass is 178 g/mol. The number of aromatic amines is 1. The number of benzene rings is 1. The lowest BCUT2D eigenvalue weighted by Crippen LogP contribution is -2.07. The lowest BCUT2D eigenvalue weighted by molar-refractivity contribution is 1.17. The summed E-state index contributed by atoms with van der Waals surface area (Å²) >= 11 is 0. The van der Waals surface area contributed by atoms with E-state index < -0.39 is 5.56 Å². The third-order valence-corrected chi connectivity index (χ3v) is 1.66. The maximum atomic E-state index is 11.4. The van der Waals surface area contributed by atoms with Crippen molar-refractivity contribution in [1.82, 2.24) is 9.97 Å². The van der Waals surface area contributed by atoms with Crippen molar-refractivity contribution < 1.29 is 2.74 Å². The Balaban J connectivity index is 3.15. The first-order valence-electron chi connectivity index (χ1n) is 4.55. The number of nitrogens with two attached hydrogens (primary N) is 2. The fraction of sp³-hybridized carbons (Fsp3) is 0. The van der Waals surface area contributed by atoms with E-state index in [0.717, 1.165) is 6.33 Å². The Hall–Kier alpha value is -2.04. The topological polar surface area (TPSA) is 97.8 Å². The van der Waals surface area contributed by atoms with Crippen molar-refractivity contribution >= 4 is 22.3 Å². The minimum Gasteiger partial charge on any atom is -0.397 e. The van der Waals surface area contributed by atoms with Gasteiger partial charge in [0.05, 0.1) is 31.3 Å². The van der Waals surface area contributed by atoms with Gasteiger partial charge in [0.1, 0.15) is 0 Å². The number of H-pyrrole nitrogens is 1. The minimum atomic E-state index is -0.495. The Morgan fingerprint density at radius 2 is 2.08 bits per heavy atom. The smallest absolute Gasteiger partial charge is 0.258 e. The highest BCUT2D eigenvalue weighted by Crippen LogP contribution is 2.18. The SMILES string of the molecule is [2H]c1c(N)c(N)c([2H])c2c(=O)[nH]cnc12. The minimum absolute atomic E-state index is 0.00537. The second kappa shape index (κ2) is 2.48. The maximum absolute atomic E-state index is 11.4. The quantitative estimate of drug-likeness (QED) is 0.498. The first kappa shape index (κ1) is 5.58. The predicted molar refractivity (Wildman–Crippen MR) is 51.2 cm³/mol. The van der Waals surface area contributed by atoms with Crippen LogP contribution in [0, 0.1) is 0 Å². The number of nitrogens with zero attached hydrogens (tertiary/aromatic N) is 1. The standard InChI is InChI=1S/C8H8N4O/c9-5-1-4-7(2-6(5)10)11-3-12-8(4)13/h1-3H,9-10H2,(H,11,12,13)/i1D,2D. The molecule has 1 aromatic heterocycles. The van der Waals surface area contributed by atoms with Crippen LogP contribution in [0.2, 0.25) is 0 Å². The average molecular weight is 178 g/mol.